The van der Waals surface area contributed by atoms with E-state index in [1.165, 1.54) is 79.8 Å². The number of benzene rings is 6. The summed E-state index contributed by atoms with van der Waals surface area (Å²) in [6, 6.07) is 46.1. The van der Waals surface area contributed by atoms with Crippen LogP contribution < -0.4 is 14.7 Å². The van der Waals surface area contributed by atoms with Crippen LogP contribution >= 0.6 is 43.1 Å². The van der Waals surface area contributed by atoms with Crippen molar-refractivity contribution in [2.24, 2.45) is 0 Å². The van der Waals surface area contributed by atoms with Gasteiger partial charge >= 0.3 is 7.82 Å². The minimum atomic E-state index is -3.98. The smallest absolute Gasteiger partial charge is 0.368 e. The van der Waals surface area contributed by atoms with Crippen LogP contribution in [0.3, 0.4) is 0 Å². The van der Waals surface area contributed by atoms with Gasteiger partial charge in [0.15, 0.2) is 0 Å². The Labute approximate surface area is 435 Å². The van der Waals surface area contributed by atoms with Gasteiger partial charge in [-0.15, -0.1) is 0 Å². The number of para-hydroxylation sites is 3. The van der Waals surface area contributed by atoms with E-state index in [4.69, 9.17) is 13.6 Å². The van der Waals surface area contributed by atoms with Crippen LogP contribution in [0.2, 0.25) is 0 Å². The van der Waals surface area contributed by atoms with Crippen molar-refractivity contribution in [2.45, 2.75) is 70.9 Å². The molecule has 3 aliphatic heterocycles. The molecular formula is C57H69N6O4PS3. The fraction of sp³-hybridized carbons (Fsp3) is 0.368. The summed E-state index contributed by atoms with van der Waals surface area (Å²) in [4.78, 5) is 21.6. The maximum absolute atomic E-state index is 14.8. The normalized spacial score (nSPS) is 16.5. The Morgan fingerprint density at radius 3 is 0.901 bits per heavy atom. The van der Waals surface area contributed by atoms with Gasteiger partial charge in [-0.3, -0.25) is 28.3 Å². The van der Waals surface area contributed by atoms with Gasteiger partial charge in [-0.2, -0.15) is 0 Å². The molecule has 0 unspecified atom stereocenters. The first-order valence-electron chi connectivity index (χ1n) is 24.9. The zero-order chi connectivity index (χ0) is 49.3. The highest BCUT2D eigenvalue weighted by molar-refractivity contribution is 8.00. The van der Waals surface area contributed by atoms with E-state index in [9.17, 15) is 4.57 Å². The lowest BCUT2D eigenvalue weighted by Gasteiger charge is -2.38. The summed E-state index contributed by atoms with van der Waals surface area (Å²) in [7, 11) is -3.98. The number of piperazine rings is 3. The van der Waals surface area contributed by atoms with E-state index in [0.29, 0.717) is 0 Å². The number of anilines is 3. The van der Waals surface area contributed by atoms with E-state index < -0.39 is 7.82 Å². The largest absolute Gasteiger partial charge is 0.478 e. The van der Waals surface area contributed by atoms with Gasteiger partial charge in [0.25, 0.3) is 0 Å². The number of hydrogen-bond donors (Lipinski definition) is 0. The van der Waals surface area contributed by atoms with E-state index in [2.05, 4.69) is 198 Å². The van der Waals surface area contributed by atoms with Crippen LogP contribution in [0.25, 0.3) is 0 Å². The molecule has 3 aliphatic rings. The van der Waals surface area contributed by atoms with E-state index in [0.717, 1.165) is 78.5 Å². The number of phosphoric acid groups is 1. The number of aryl methyl sites for hydroxylation is 6. The summed E-state index contributed by atoms with van der Waals surface area (Å²) in [6.45, 7) is 23.0. The average molecular weight is 1030 g/mol. The first-order valence-corrected chi connectivity index (χ1v) is 28.8. The van der Waals surface area contributed by atoms with Crippen molar-refractivity contribution in [3.05, 3.63) is 161 Å². The molecule has 0 aliphatic carbocycles. The third kappa shape index (κ3) is 13.7. The lowest BCUT2D eigenvalue weighted by Crippen LogP contribution is -2.48. The quantitative estimate of drug-likeness (QED) is 0.0769. The van der Waals surface area contributed by atoms with Gasteiger partial charge in [0.05, 0.1) is 17.1 Å². The molecule has 14 heteroatoms. The molecule has 71 heavy (non-hydrogen) atoms. The molecule has 0 bridgehead atoms. The summed E-state index contributed by atoms with van der Waals surface area (Å²) < 4.78 is 33.7. The lowest BCUT2D eigenvalue weighted by molar-refractivity contribution is 0.00696. The average Bonchev–Trinajstić information content (AvgIpc) is 3.38. The molecule has 0 spiro atoms. The van der Waals surface area contributed by atoms with Crippen LogP contribution in [0.5, 0.6) is 0 Å². The number of rotatable bonds is 18. The topological polar surface area (TPSA) is 64.2 Å². The second-order valence-corrected chi connectivity index (χ2v) is 24.0. The summed E-state index contributed by atoms with van der Waals surface area (Å²) in [5.41, 5.74) is 11.4. The summed E-state index contributed by atoms with van der Waals surface area (Å²) in [5.74, 6) is 0. The van der Waals surface area contributed by atoms with Crippen LogP contribution in [0.4, 0.5) is 17.1 Å². The third-order valence-electron chi connectivity index (χ3n) is 13.6. The van der Waals surface area contributed by atoms with Crippen LogP contribution in [-0.2, 0) is 18.1 Å². The van der Waals surface area contributed by atoms with E-state index in [1.807, 2.05) is 35.3 Å². The molecule has 0 radical (unpaired) electrons. The second-order valence-electron chi connectivity index (χ2n) is 19.1. The molecule has 3 fully saturated rings. The predicted molar refractivity (Wildman–Crippen MR) is 296 cm³/mol. The molecule has 0 atom stereocenters. The molecule has 6 aromatic carbocycles. The SMILES string of the molecule is Cc1ccc(Sc2ccccc2N2CCN(COP(=O)(OCN3CCN(c4ccccc4Sc4ccc(C)cc4C)CC3)OCN3CCN(c4ccccc4Sc4ccc(C)cc4C)CC3)CC2)c(C)c1. The Morgan fingerprint density at radius 1 is 0.366 bits per heavy atom. The predicted octanol–water partition coefficient (Wildman–Crippen LogP) is 12.8. The molecule has 0 saturated carbocycles. The minimum Gasteiger partial charge on any atom is -0.368 e. The van der Waals surface area contributed by atoms with Gasteiger partial charge < -0.3 is 14.7 Å². The van der Waals surface area contributed by atoms with Crippen LogP contribution in [0.15, 0.2) is 157 Å². The van der Waals surface area contributed by atoms with Crippen LogP contribution in [0.1, 0.15) is 33.4 Å². The summed E-state index contributed by atoms with van der Waals surface area (Å²) in [6.07, 6.45) is 0. The van der Waals surface area contributed by atoms with Crippen molar-refractivity contribution >= 4 is 60.2 Å². The number of phosphoric ester groups is 1. The monoisotopic (exact) mass is 1030 g/mol. The van der Waals surface area contributed by atoms with Crippen molar-refractivity contribution in [3.63, 3.8) is 0 Å². The molecule has 0 aromatic heterocycles. The highest BCUT2D eigenvalue weighted by atomic mass is 32.2. The van der Waals surface area contributed by atoms with E-state index in [-0.39, 0.29) is 20.2 Å². The Balaban J connectivity index is 0.819. The zero-order valence-corrected chi connectivity index (χ0v) is 45.6. The first kappa shape index (κ1) is 51.7. The maximum Gasteiger partial charge on any atom is 0.478 e. The number of nitrogens with zero attached hydrogens (tertiary/aromatic N) is 6. The van der Waals surface area contributed by atoms with Crippen LogP contribution in [0, 0.1) is 41.5 Å². The molecule has 3 heterocycles. The van der Waals surface area contributed by atoms with E-state index in [1.54, 1.807) is 0 Å². The first-order chi connectivity index (χ1) is 34.4. The van der Waals surface area contributed by atoms with Gasteiger partial charge in [-0.05, 0) is 113 Å². The van der Waals surface area contributed by atoms with Crippen LogP contribution in [-0.4, -0.2) is 113 Å². The Kier molecular flexibility index (Phi) is 17.6. The van der Waals surface area contributed by atoms with Gasteiger partial charge in [0.2, 0.25) is 0 Å². The molecule has 10 nitrogen and oxygen atoms in total. The van der Waals surface area contributed by atoms with Gasteiger partial charge in [0, 0.05) is 108 Å². The lowest BCUT2D eigenvalue weighted by atomic mass is 10.2. The second kappa shape index (κ2) is 24.2. The highest BCUT2D eigenvalue weighted by Gasteiger charge is 2.33. The summed E-state index contributed by atoms with van der Waals surface area (Å²) in [5, 5.41) is 0. The summed E-state index contributed by atoms with van der Waals surface area (Å²) >= 11 is 5.48. The van der Waals surface area contributed by atoms with Crippen molar-refractivity contribution in [1.29, 1.82) is 0 Å². The Morgan fingerprint density at radius 2 is 0.634 bits per heavy atom. The maximum atomic E-state index is 14.8. The fourth-order valence-corrected chi connectivity index (χ4v) is 13.7. The zero-order valence-electron chi connectivity index (χ0n) is 42.2. The highest BCUT2D eigenvalue weighted by Crippen LogP contribution is 2.50. The van der Waals surface area contributed by atoms with Gasteiger partial charge in [-0.1, -0.05) is 125 Å². The standard InChI is InChI=1S/C57H69N6O4PS3/c1-43-19-22-52(46(4)37-43)69-55-16-10-7-13-49(55)61-31-25-58(26-32-61)40-65-68(64,66-41-59-27-33-62(34-28-59)50-14-8-11-17-56(50)70-53-23-20-44(2)38-47(53)5)67-42-60-29-35-63(36-30-60)51-15-9-12-18-57(51)71-54-24-21-45(3)39-48(54)6/h7-24,37-39H,25-36,40-42H2,1-6H3. The molecular weight excluding hydrogens is 960 g/mol. The Bertz CT molecular complexity index is 2500. The fourth-order valence-electron chi connectivity index (χ4n) is 9.43. The van der Waals surface area contributed by atoms with Crippen molar-refractivity contribution < 1.29 is 18.1 Å². The molecule has 3 saturated heterocycles. The Hall–Kier alpha value is -4.24. The van der Waals surface area contributed by atoms with Gasteiger partial charge in [0.1, 0.15) is 20.2 Å². The molecule has 6 aromatic rings. The number of hydrogen-bond acceptors (Lipinski definition) is 13. The molecule has 9 rings (SSSR count). The third-order valence-corrected chi connectivity index (χ3v) is 18.6. The van der Waals surface area contributed by atoms with E-state index >= 15 is 0 Å². The van der Waals surface area contributed by atoms with Crippen molar-refractivity contribution in [1.82, 2.24) is 14.7 Å². The van der Waals surface area contributed by atoms with Gasteiger partial charge in [-0.25, -0.2) is 4.57 Å². The van der Waals surface area contributed by atoms with Crippen molar-refractivity contribution in [2.75, 3.05) is 113 Å². The molecule has 0 amide bonds. The molecule has 374 valence electrons. The molecule has 0 N–H and O–H groups in total. The minimum absolute atomic E-state index is 0.162. The van der Waals surface area contributed by atoms with Crippen molar-refractivity contribution in [3.8, 4) is 0 Å².